The number of aliphatic imine (C=N–C) groups is 1. The number of hydrogen-bond acceptors (Lipinski definition) is 16. The fraction of sp³-hybridized carbons (Fsp3) is 0.477. The molecular formula is C44H54N4O15. The molecule has 0 radical (unpaired) electrons. The molecule has 19 heteroatoms. The zero-order valence-corrected chi connectivity index (χ0v) is 35.4. The van der Waals surface area contributed by atoms with Crippen molar-refractivity contribution in [3.05, 3.63) is 64.7 Å². The van der Waals surface area contributed by atoms with Crippen molar-refractivity contribution < 1.29 is 73.8 Å². The lowest BCUT2D eigenvalue weighted by molar-refractivity contribution is -0.337. The Kier molecular flexibility index (Phi) is 14.3. The zero-order chi connectivity index (χ0) is 45.7. The minimum atomic E-state index is -2.60. The number of aromatic hydroxyl groups is 2. The number of nitrogens with one attached hydrogen (secondary N) is 2. The average Bonchev–Trinajstić information content (AvgIpc) is 3.38. The van der Waals surface area contributed by atoms with Crippen molar-refractivity contribution in [3.63, 3.8) is 0 Å². The van der Waals surface area contributed by atoms with Crippen LogP contribution in [-0.4, -0.2) is 124 Å². The van der Waals surface area contributed by atoms with Crippen molar-refractivity contribution >= 4 is 23.6 Å². The highest BCUT2D eigenvalue weighted by molar-refractivity contribution is 5.97. The van der Waals surface area contributed by atoms with Crippen molar-refractivity contribution in [2.24, 2.45) is 28.5 Å². The lowest BCUT2D eigenvalue weighted by atomic mass is 9.78. The summed E-state index contributed by atoms with van der Waals surface area (Å²) in [6.45, 7) is 5.62. The number of phenols is 2. The summed E-state index contributed by atoms with van der Waals surface area (Å²) in [6.07, 6.45) is -10.2. The maximum absolute atomic E-state index is 13.7. The first-order valence-electron chi connectivity index (χ1n) is 20.3. The third-order valence-electron chi connectivity index (χ3n) is 11.4. The SMILES string of the molecule is CN=C(N)NCOc1cc(C(=O)O)c2c3c1O[C@@H]1O[C@H]([C@@H](O)OC(=O)c4cc(OC)c(O)c(OCCc5ccccc5)c4O)[C@@H](O)[C@@](O)(CC#C[C@@H](C3)[C@H](CC(C)C)[C@@H](C)N2)[C@H]1O. The Morgan fingerprint density at radius 3 is 2.46 bits per heavy atom. The molecule has 3 heterocycles. The molecule has 3 aromatic carbocycles. The summed E-state index contributed by atoms with van der Waals surface area (Å²) in [7, 11) is 2.63. The number of aliphatic hydroxyl groups is 4. The number of nitrogens with two attached hydrogens (primary N) is 1. The van der Waals surface area contributed by atoms with Crippen LogP contribution in [0.25, 0.3) is 0 Å². The number of benzene rings is 3. The molecule has 1 fully saturated rings. The standard InChI is InChI=1S/C44H54N4O15/c1-21(2)16-25-22(3)48-31-26-17-24(25)12-9-14-44(57)37(51)36(62-42(38(44)52)61-34(26)30(18-27(31)39(53)54)60-20-47-43(45)46-4)41(56)63-40(55)28-19-29(58-5)33(50)35(32(28)49)59-15-13-23-10-7-6-8-11-23/h6-8,10-11,18-19,21-22,24-25,36-38,41-42,48-52,56-57H,13-17,20H2,1-5H3,(H,53,54)(H3,45,46,47)/t22-,24+,25-,36+,37-,38+,41+,42-,44+/m1/s1. The van der Waals surface area contributed by atoms with Gasteiger partial charge < -0.3 is 80.5 Å². The van der Waals surface area contributed by atoms with E-state index in [0.717, 1.165) is 11.6 Å². The van der Waals surface area contributed by atoms with Gasteiger partial charge in [-0.25, -0.2) is 9.59 Å². The van der Waals surface area contributed by atoms with Gasteiger partial charge >= 0.3 is 11.9 Å². The number of anilines is 1. The number of carbonyl (C=O) groups excluding carboxylic acids is 1. The Morgan fingerprint density at radius 1 is 1.08 bits per heavy atom. The number of esters is 1. The summed E-state index contributed by atoms with van der Waals surface area (Å²) < 4.78 is 34.4. The van der Waals surface area contributed by atoms with Crippen LogP contribution in [0.4, 0.5) is 5.69 Å². The smallest absolute Gasteiger partial charge is 0.344 e. The summed E-state index contributed by atoms with van der Waals surface area (Å²) in [5, 5.41) is 85.5. The number of ether oxygens (including phenoxy) is 6. The lowest BCUT2D eigenvalue weighted by Crippen LogP contribution is -2.69. The van der Waals surface area contributed by atoms with E-state index in [1.54, 1.807) is 0 Å². The number of hydrogen-bond donors (Lipinski definition) is 10. The Bertz CT molecular complexity index is 2250. The Hall–Kier alpha value is -6.17. The van der Waals surface area contributed by atoms with Crippen LogP contribution in [0.15, 0.2) is 47.5 Å². The van der Waals surface area contributed by atoms with E-state index < -0.39 is 83.6 Å². The molecule has 11 N–H and O–H groups in total. The third-order valence-corrected chi connectivity index (χ3v) is 11.4. The van der Waals surface area contributed by atoms with Crippen LogP contribution < -0.4 is 35.3 Å². The molecular weight excluding hydrogens is 824 g/mol. The first kappa shape index (κ1) is 46.3. The Labute approximate surface area is 363 Å². The van der Waals surface area contributed by atoms with Gasteiger partial charge in [0.1, 0.15) is 23.4 Å². The van der Waals surface area contributed by atoms with Gasteiger partial charge in [-0.05, 0) is 37.2 Å². The van der Waals surface area contributed by atoms with Crippen LogP contribution in [0.5, 0.6) is 34.5 Å². The monoisotopic (exact) mass is 878 g/mol. The van der Waals surface area contributed by atoms with Gasteiger partial charge in [-0.1, -0.05) is 56.0 Å². The molecule has 0 unspecified atom stereocenters. The van der Waals surface area contributed by atoms with Gasteiger partial charge in [-0.15, -0.1) is 0 Å². The minimum Gasteiger partial charge on any atom is -0.504 e. The lowest BCUT2D eigenvalue weighted by Gasteiger charge is -2.48. The van der Waals surface area contributed by atoms with Crippen LogP contribution in [0.3, 0.4) is 0 Å². The van der Waals surface area contributed by atoms with Crippen molar-refractivity contribution in [2.45, 2.75) is 89.0 Å². The first-order chi connectivity index (χ1) is 30.0. The molecule has 3 aromatic rings. The number of aromatic carboxylic acids is 1. The van der Waals surface area contributed by atoms with Gasteiger partial charge in [0, 0.05) is 49.5 Å². The Balaban J connectivity index is 1.37. The highest BCUT2D eigenvalue weighted by Gasteiger charge is 2.59. The van der Waals surface area contributed by atoms with E-state index in [1.807, 2.05) is 51.1 Å². The van der Waals surface area contributed by atoms with Crippen LogP contribution >= 0.6 is 0 Å². The highest BCUT2D eigenvalue weighted by Crippen LogP contribution is 2.49. The quantitative estimate of drug-likeness (QED) is 0.0365. The van der Waals surface area contributed by atoms with Crippen LogP contribution in [0.1, 0.15) is 65.5 Å². The molecule has 63 heavy (non-hydrogen) atoms. The molecule has 0 aromatic heterocycles. The summed E-state index contributed by atoms with van der Waals surface area (Å²) in [5.74, 6) is 0.409. The van der Waals surface area contributed by atoms with Gasteiger partial charge in [0.25, 0.3) is 0 Å². The number of methoxy groups -OCH3 is 1. The number of carboxylic acids is 1. The molecule has 3 aliphatic heterocycles. The maximum atomic E-state index is 13.7. The molecule has 6 rings (SSSR count). The minimum absolute atomic E-state index is 0.00118. The number of nitrogens with zero attached hydrogens (tertiary/aromatic N) is 1. The molecule has 3 aliphatic rings. The highest BCUT2D eigenvalue weighted by atomic mass is 16.7. The molecule has 340 valence electrons. The third kappa shape index (κ3) is 9.75. The molecule has 4 bridgehead atoms. The Morgan fingerprint density at radius 2 is 1.79 bits per heavy atom. The van der Waals surface area contributed by atoms with Gasteiger partial charge in [0.05, 0.1) is 25.0 Å². The fourth-order valence-electron chi connectivity index (χ4n) is 8.03. The van der Waals surface area contributed by atoms with Crippen LogP contribution in [-0.2, 0) is 22.3 Å². The first-order valence-corrected chi connectivity index (χ1v) is 20.3. The molecule has 0 aliphatic carbocycles. The normalized spacial score (nSPS) is 25.7. The number of fused-ring (bicyclic) bond motifs is 3. The maximum Gasteiger partial charge on any atom is 0.344 e. The van der Waals surface area contributed by atoms with Crippen molar-refractivity contribution in [1.29, 1.82) is 0 Å². The molecule has 0 amide bonds. The van der Waals surface area contributed by atoms with E-state index in [0.29, 0.717) is 12.8 Å². The van der Waals surface area contributed by atoms with Gasteiger partial charge in [0.2, 0.25) is 24.1 Å². The number of rotatable bonds is 14. The summed E-state index contributed by atoms with van der Waals surface area (Å²) in [5.41, 5.74) is 3.78. The second-order valence-electron chi connectivity index (χ2n) is 16.0. The summed E-state index contributed by atoms with van der Waals surface area (Å²) in [6, 6.07) is 11.0. The number of carbonyl (C=O) groups is 2. The molecule has 9 atom stereocenters. The van der Waals surface area contributed by atoms with E-state index >= 15 is 0 Å². The number of guanidine groups is 1. The predicted molar refractivity (Wildman–Crippen MR) is 225 cm³/mol. The number of aliphatic hydroxyl groups excluding tert-OH is 3. The molecule has 1 saturated heterocycles. The fourth-order valence-corrected chi connectivity index (χ4v) is 8.03. The number of phenolic OH excluding ortho intramolecular Hbond substituents is 2. The molecule has 19 nitrogen and oxygen atoms in total. The molecule has 0 spiro atoms. The molecule has 0 saturated carbocycles. The van der Waals surface area contributed by atoms with Crippen molar-refractivity contribution in [2.75, 3.05) is 32.8 Å². The average molecular weight is 879 g/mol. The van der Waals surface area contributed by atoms with Gasteiger partial charge in [-0.3, -0.25) is 4.99 Å². The largest absolute Gasteiger partial charge is 0.504 e. The van der Waals surface area contributed by atoms with E-state index in [4.69, 9.17) is 34.2 Å². The van der Waals surface area contributed by atoms with Crippen molar-refractivity contribution in [3.8, 4) is 46.3 Å². The van der Waals surface area contributed by atoms with E-state index in [-0.39, 0.29) is 77.7 Å². The van der Waals surface area contributed by atoms with Crippen molar-refractivity contribution in [1.82, 2.24) is 5.32 Å². The van der Waals surface area contributed by atoms with Crippen LogP contribution in [0, 0.1) is 29.6 Å². The van der Waals surface area contributed by atoms with Crippen LogP contribution in [0.2, 0.25) is 0 Å². The predicted octanol–water partition coefficient (Wildman–Crippen LogP) is 2.07. The number of carboxylic acid groups (broad SMARTS) is 1. The summed E-state index contributed by atoms with van der Waals surface area (Å²) in [4.78, 5) is 30.3. The second kappa shape index (κ2) is 19.5. The van der Waals surface area contributed by atoms with Gasteiger partial charge in [0.15, 0.2) is 41.8 Å². The van der Waals surface area contributed by atoms with E-state index in [9.17, 15) is 45.3 Å². The van der Waals surface area contributed by atoms with E-state index in [1.165, 1.54) is 20.2 Å². The van der Waals surface area contributed by atoms with Gasteiger partial charge in [-0.2, -0.15) is 0 Å². The van der Waals surface area contributed by atoms with E-state index in [2.05, 4.69) is 27.5 Å². The summed E-state index contributed by atoms with van der Waals surface area (Å²) >= 11 is 0. The zero-order valence-electron chi connectivity index (χ0n) is 35.4. The second-order valence-corrected chi connectivity index (χ2v) is 16.0. The topological polar surface area (TPSA) is 294 Å².